The summed E-state index contributed by atoms with van der Waals surface area (Å²) in [6.45, 7) is 9.18. The predicted molar refractivity (Wildman–Crippen MR) is 112 cm³/mol. The predicted octanol–water partition coefficient (Wildman–Crippen LogP) is 6.87. The van der Waals surface area contributed by atoms with E-state index in [1.54, 1.807) is 5.56 Å². The molecule has 3 fully saturated rings. The van der Waals surface area contributed by atoms with Crippen molar-refractivity contribution in [3.8, 4) is 0 Å². The molecule has 1 aromatic heterocycles. The number of hydrogen-bond donors (Lipinski definition) is 1. The number of halogens is 1. The summed E-state index contributed by atoms with van der Waals surface area (Å²) in [7, 11) is 0. The molecule has 0 amide bonds. The lowest BCUT2D eigenvalue weighted by molar-refractivity contribution is 0.0988. The van der Waals surface area contributed by atoms with E-state index in [9.17, 15) is 0 Å². The highest BCUT2D eigenvalue weighted by atomic mass is 79.9. The van der Waals surface area contributed by atoms with Crippen molar-refractivity contribution in [3.63, 3.8) is 0 Å². The van der Waals surface area contributed by atoms with E-state index in [-0.39, 0.29) is 5.41 Å². The summed E-state index contributed by atoms with van der Waals surface area (Å²) in [5.41, 5.74) is 3.92. The molecule has 3 aliphatic carbocycles. The Labute approximate surface area is 166 Å². The van der Waals surface area contributed by atoms with Crippen LogP contribution < -0.4 is 0 Å². The highest BCUT2D eigenvalue weighted by molar-refractivity contribution is 9.10. The third-order valence-corrected chi connectivity index (χ3v) is 8.11. The molecule has 0 unspecified atom stereocenters. The fraction of sp³-hybridized carbons (Fsp3) is 0.609. The molecule has 5 rings (SSSR count). The van der Waals surface area contributed by atoms with Gasteiger partial charge in [-0.25, -0.2) is 4.98 Å². The topological polar surface area (TPSA) is 28.7 Å². The van der Waals surface area contributed by atoms with Gasteiger partial charge in [0.05, 0.1) is 0 Å². The quantitative estimate of drug-likeness (QED) is 0.583. The van der Waals surface area contributed by atoms with Crippen molar-refractivity contribution in [3.05, 3.63) is 52.0 Å². The van der Waals surface area contributed by atoms with E-state index < -0.39 is 0 Å². The van der Waals surface area contributed by atoms with E-state index in [1.165, 1.54) is 48.7 Å². The van der Waals surface area contributed by atoms with Crippen molar-refractivity contribution < 1.29 is 0 Å². The van der Waals surface area contributed by atoms with Crippen LogP contribution >= 0.6 is 15.9 Å². The molecule has 2 aromatic rings. The molecule has 2 bridgehead atoms. The number of benzene rings is 1. The molecule has 140 valence electrons. The SMILES string of the molecule is C[C@H](c1ncc(C23CCC(c4ccc(Br)cc4)(CC2)CC3)[nH]1)C(C)(C)C. The summed E-state index contributed by atoms with van der Waals surface area (Å²) in [4.78, 5) is 8.54. The highest BCUT2D eigenvalue weighted by Gasteiger charge is 2.50. The normalized spacial score (nSPS) is 29.7. The zero-order chi connectivity index (χ0) is 18.6. The van der Waals surface area contributed by atoms with Crippen LogP contribution in [-0.2, 0) is 10.8 Å². The summed E-state index contributed by atoms with van der Waals surface area (Å²) in [6, 6.07) is 9.08. The largest absolute Gasteiger partial charge is 0.345 e. The van der Waals surface area contributed by atoms with Gasteiger partial charge < -0.3 is 4.98 Å². The standard InChI is InChI=1S/C23H31BrN2/c1-16(21(2,3)4)20-25-15-19(26-20)23-12-9-22(10-13-23,11-14-23)17-5-7-18(24)8-6-17/h5-8,15-16H,9-14H2,1-4H3,(H,25,26)/t16-,22?,23?/m1/s1. The second kappa shape index (κ2) is 6.22. The Hall–Kier alpha value is -1.09. The Morgan fingerprint density at radius 1 is 0.962 bits per heavy atom. The Bertz CT molecular complexity index is 757. The molecule has 3 saturated carbocycles. The molecule has 0 aliphatic heterocycles. The summed E-state index contributed by atoms with van der Waals surface area (Å²) < 4.78 is 1.18. The molecule has 1 aromatic carbocycles. The Kier molecular flexibility index (Phi) is 4.38. The molecular weight excluding hydrogens is 384 g/mol. The molecule has 3 heteroatoms. The first-order valence-electron chi connectivity index (χ1n) is 10.1. The Morgan fingerprint density at radius 2 is 1.50 bits per heavy atom. The number of aromatic amines is 1. The summed E-state index contributed by atoms with van der Waals surface area (Å²) in [5, 5.41) is 0. The number of fused-ring (bicyclic) bond motifs is 3. The van der Waals surface area contributed by atoms with Gasteiger partial charge in [0.25, 0.3) is 0 Å². The smallest absolute Gasteiger partial charge is 0.109 e. The van der Waals surface area contributed by atoms with Crippen molar-refractivity contribution in [2.24, 2.45) is 5.41 Å². The summed E-state index contributed by atoms with van der Waals surface area (Å²) in [6.07, 6.45) is 9.92. The van der Waals surface area contributed by atoms with E-state index in [1.807, 2.05) is 0 Å². The van der Waals surface area contributed by atoms with Gasteiger partial charge in [-0.05, 0) is 67.1 Å². The van der Waals surface area contributed by atoms with Gasteiger partial charge in [0.15, 0.2) is 0 Å². The minimum atomic E-state index is 0.239. The number of imidazole rings is 1. The van der Waals surface area contributed by atoms with Crippen molar-refractivity contribution in [2.75, 3.05) is 0 Å². The number of hydrogen-bond acceptors (Lipinski definition) is 1. The second-order valence-electron chi connectivity index (χ2n) is 9.84. The van der Waals surface area contributed by atoms with Crippen LogP contribution in [0.1, 0.15) is 89.2 Å². The summed E-state index contributed by atoms with van der Waals surface area (Å²) >= 11 is 3.57. The fourth-order valence-corrected chi connectivity index (χ4v) is 5.33. The number of H-pyrrole nitrogens is 1. The van der Waals surface area contributed by atoms with Gasteiger partial charge in [0, 0.05) is 27.7 Å². The van der Waals surface area contributed by atoms with Gasteiger partial charge in [-0.2, -0.15) is 0 Å². The van der Waals surface area contributed by atoms with Gasteiger partial charge in [0.1, 0.15) is 5.82 Å². The first-order valence-corrected chi connectivity index (χ1v) is 10.8. The first kappa shape index (κ1) is 18.3. The molecule has 1 N–H and O–H groups in total. The van der Waals surface area contributed by atoms with Crippen LogP contribution in [0, 0.1) is 5.41 Å². The third-order valence-electron chi connectivity index (χ3n) is 7.58. The number of aromatic nitrogens is 2. The lowest BCUT2D eigenvalue weighted by atomic mass is 9.51. The van der Waals surface area contributed by atoms with Crippen LogP contribution in [0.2, 0.25) is 0 Å². The minimum Gasteiger partial charge on any atom is -0.345 e. The van der Waals surface area contributed by atoms with Gasteiger partial charge in [-0.3, -0.25) is 0 Å². The maximum atomic E-state index is 4.79. The zero-order valence-electron chi connectivity index (χ0n) is 16.5. The minimum absolute atomic E-state index is 0.239. The zero-order valence-corrected chi connectivity index (χ0v) is 18.1. The Morgan fingerprint density at radius 3 is 2.04 bits per heavy atom. The fourth-order valence-electron chi connectivity index (χ4n) is 5.06. The molecule has 0 spiro atoms. The van der Waals surface area contributed by atoms with Crippen LogP contribution in [-0.4, -0.2) is 9.97 Å². The van der Waals surface area contributed by atoms with Gasteiger partial charge >= 0.3 is 0 Å². The van der Waals surface area contributed by atoms with Crippen LogP contribution in [0.25, 0.3) is 0 Å². The second-order valence-corrected chi connectivity index (χ2v) is 10.8. The molecule has 3 aliphatic rings. The molecule has 0 radical (unpaired) electrons. The third kappa shape index (κ3) is 2.96. The lowest BCUT2D eigenvalue weighted by Gasteiger charge is -2.53. The maximum Gasteiger partial charge on any atom is 0.109 e. The van der Waals surface area contributed by atoms with Crippen molar-refractivity contribution in [1.82, 2.24) is 9.97 Å². The maximum absolute atomic E-state index is 4.79. The highest BCUT2D eigenvalue weighted by Crippen LogP contribution is 2.58. The Balaban J connectivity index is 1.55. The number of nitrogens with one attached hydrogen (secondary N) is 1. The molecule has 0 saturated heterocycles. The van der Waals surface area contributed by atoms with Gasteiger partial charge in [0.2, 0.25) is 0 Å². The van der Waals surface area contributed by atoms with Crippen LogP contribution in [0.15, 0.2) is 34.9 Å². The van der Waals surface area contributed by atoms with Crippen molar-refractivity contribution >= 4 is 15.9 Å². The van der Waals surface area contributed by atoms with Gasteiger partial charge in [-0.1, -0.05) is 55.8 Å². The van der Waals surface area contributed by atoms with Crippen molar-refractivity contribution in [2.45, 2.75) is 83.0 Å². The van der Waals surface area contributed by atoms with Crippen LogP contribution in [0.5, 0.6) is 0 Å². The molecule has 1 heterocycles. The van der Waals surface area contributed by atoms with E-state index in [0.717, 1.165) is 5.82 Å². The van der Waals surface area contributed by atoms with E-state index in [4.69, 9.17) is 4.98 Å². The number of nitrogens with zero attached hydrogens (tertiary/aromatic N) is 1. The lowest BCUT2D eigenvalue weighted by Crippen LogP contribution is -2.46. The summed E-state index contributed by atoms with van der Waals surface area (Å²) in [5.74, 6) is 1.61. The number of rotatable bonds is 3. The van der Waals surface area contributed by atoms with Crippen molar-refractivity contribution in [1.29, 1.82) is 0 Å². The molecule has 1 atom stereocenters. The van der Waals surface area contributed by atoms with E-state index >= 15 is 0 Å². The molecule has 2 nitrogen and oxygen atoms in total. The average Bonchev–Trinajstić information content (AvgIpc) is 3.13. The van der Waals surface area contributed by atoms with E-state index in [2.05, 4.69) is 79.1 Å². The van der Waals surface area contributed by atoms with Crippen LogP contribution in [0.4, 0.5) is 0 Å². The van der Waals surface area contributed by atoms with Gasteiger partial charge in [-0.15, -0.1) is 0 Å². The average molecular weight is 415 g/mol. The molecule has 26 heavy (non-hydrogen) atoms. The van der Waals surface area contributed by atoms with Crippen LogP contribution in [0.3, 0.4) is 0 Å². The first-order chi connectivity index (χ1) is 12.2. The monoisotopic (exact) mass is 414 g/mol. The molecular formula is C23H31BrN2. The van der Waals surface area contributed by atoms with E-state index in [0.29, 0.717) is 16.7 Å².